The van der Waals surface area contributed by atoms with Crippen LogP contribution in [0.5, 0.6) is 5.75 Å². The predicted octanol–water partition coefficient (Wildman–Crippen LogP) is -0.271. The number of unbranched alkanes of at least 4 members (excludes halogenated alkanes) is 1. The Labute approximate surface area is 207 Å². The smallest absolute Gasteiger partial charge is 0.799 e. The summed E-state index contributed by atoms with van der Waals surface area (Å²) in [6.45, 7) is 1.64. The fourth-order valence-corrected chi connectivity index (χ4v) is 4.50. The molecule has 6 unspecified atom stereocenters. The Kier molecular flexibility index (Phi) is 13.5. The average molecular weight is 460 g/mol. The second kappa shape index (κ2) is 14.7. The summed E-state index contributed by atoms with van der Waals surface area (Å²) in [5, 5.41) is 30.8. The number of ether oxygens (including phenoxy) is 1. The van der Waals surface area contributed by atoms with Crippen LogP contribution >= 0.6 is 7.37 Å². The molecule has 1 aromatic carbocycles. The number of hydrogen-bond acceptors (Lipinski definition) is 6. The number of rotatable bonds is 12. The molecule has 3 N–H and O–H groups in total. The minimum absolute atomic E-state index is 0. The van der Waals surface area contributed by atoms with E-state index in [0.717, 1.165) is 5.75 Å². The van der Waals surface area contributed by atoms with Gasteiger partial charge in [-0.1, -0.05) is 42.5 Å². The monoisotopic (exact) mass is 460 g/mol. The van der Waals surface area contributed by atoms with Crippen molar-refractivity contribution in [2.24, 2.45) is 11.8 Å². The third-order valence-corrected chi connectivity index (χ3v) is 6.54. The second-order valence-electron chi connectivity index (χ2n) is 8.10. The Morgan fingerprint density at radius 2 is 1.94 bits per heavy atom. The summed E-state index contributed by atoms with van der Waals surface area (Å²) in [5.41, 5.74) is 0. The molecule has 168 valence electrons. The predicted molar refractivity (Wildman–Crippen MR) is 117 cm³/mol. The summed E-state index contributed by atoms with van der Waals surface area (Å²) in [6, 6.07) is 9.40. The van der Waals surface area contributed by atoms with Gasteiger partial charge in [-0.05, 0) is 50.1 Å². The Hall–Kier alpha value is -0.430. The first kappa shape index (κ1) is 28.6. The van der Waals surface area contributed by atoms with Gasteiger partial charge in [0.2, 0.25) is 0 Å². The number of aliphatic hydroxyl groups excluding tert-OH is 3. The van der Waals surface area contributed by atoms with Gasteiger partial charge in [0.05, 0.1) is 24.9 Å². The molecule has 0 amide bonds. The Morgan fingerprint density at radius 1 is 1.23 bits per heavy atom. The average Bonchev–Trinajstić information content (AvgIpc) is 2.95. The van der Waals surface area contributed by atoms with E-state index in [-0.39, 0.29) is 47.6 Å². The van der Waals surface area contributed by atoms with E-state index in [9.17, 15) is 24.8 Å². The van der Waals surface area contributed by atoms with Crippen molar-refractivity contribution < 1.29 is 59.1 Å². The van der Waals surface area contributed by atoms with Gasteiger partial charge in [-0.15, -0.1) is 0 Å². The van der Waals surface area contributed by atoms with Crippen molar-refractivity contribution in [1.29, 1.82) is 0 Å². The molecule has 0 aliphatic heterocycles. The summed E-state index contributed by atoms with van der Waals surface area (Å²) in [5.74, 6) is 0.399. The second-order valence-corrected chi connectivity index (χ2v) is 10.6. The van der Waals surface area contributed by atoms with Crippen molar-refractivity contribution in [3.63, 3.8) is 0 Å². The van der Waals surface area contributed by atoms with Gasteiger partial charge in [0, 0.05) is 26.1 Å². The van der Waals surface area contributed by atoms with Gasteiger partial charge >= 0.3 is 29.6 Å². The van der Waals surface area contributed by atoms with Crippen LogP contribution in [0, 0.1) is 11.8 Å². The van der Waals surface area contributed by atoms with Crippen molar-refractivity contribution >= 4 is 7.37 Å². The maximum Gasteiger partial charge on any atom is 1.00 e. The molecule has 1 aliphatic carbocycles. The van der Waals surface area contributed by atoms with Gasteiger partial charge in [-0.3, -0.25) is 0 Å². The fourth-order valence-electron chi connectivity index (χ4n) is 3.74. The summed E-state index contributed by atoms with van der Waals surface area (Å²) in [6.07, 6.45) is 8.22. The van der Waals surface area contributed by atoms with E-state index in [4.69, 9.17) is 4.74 Å². The number of aliphatic hydroxyl groups is 3. The first-order valence-corrected chi connectivity index (χ1v) is 12.8. The maximum absolute atomic E-state index is 11.2. The maximum atomic E-state index is 11.2. The molecule has 1 fully saturated rings. The molecule has 6 nitrogen and oxygen atoms in total. The summed E-state index contributed by atoms with van der Waals surface area (Å²) in [7, 11) is -3.21. The van der Waals surface area contributed by atoms with Crippen molar-refractivity contribution in [2.75, 3.05) is 19.4 Å². The van der Waals surface area contributed by atoms with Gasteiger partial charge in [-0.25, -0.2) is 0 Å². The minimum atomic E-state index is -3.21. The molecule has 0 aromatic heterocycles. The zero-order valence-corrected chi connectivity index (χ0v) is 21.4. The fraction of sp³-hybridized carbons (Fsp3) is 0.565. The van der Waals surface area contributed by atoms with Crippen molar-refractivity contribution in [3.05, 3.63) is 54.6 Å². The quantitative estimate of drug-likeness (QED) is 0.172. The van der Waals surface area contributed by atoms with Crippen LogP contribution < -0.4 is 39.2 Å². The van der Waals surface area contributed by atoms with E-state index in [1.54, 1.807) is 12.2 Å². The Morgan fingerprint density at radius 3 is 2.61 bits per heavy atom. The van der Waals surface area contributed by atoms with Crippen LogP contribution in [0.25, 0.3) is 0 Å². The van der Waals surface area contributed by atoms with Gasteiger partial charge in [0.1, 0.15) is 5.75 Å². The van der Waals surface area contributed by atoms with Crippen LogP contribution in [-0.2, 0) is 4.57 Å². The summed E-state index contributed by atoms with van der Waals surface area (Å²) in [4.78, 5) is 11.2. The van der Waals surface area contributed by atoms with Crippen molar-refractivity contribution in [1.82, 2.24) is 0 Å². The molecular weight excluding hydrogens is 426 g/mol. The standard InChI is InChI=1S/C23H35O6P.Na/c1-30(27,28)16-8-3-2-7-11-20-21(23(26)17-22(20)25)13-12-18(24)14-15-29-19-9-5-4-6-10-19;/h2,4-7,9-10,12-13,18,20-26H,3,8,11,14-17H2,1H3,(H,27,28);/q;+1/p-1/b7-2-,13-12+;. The molecule has 6 atom stereocenters. The SMILES string of the molecule is CP(=O)([O-])CCC/C=C\CC1C(O)CC(O)C1/C=C/C(O)CCOc1ccccc1.[Na+]. The number of allylic oxidation sites excluding steroid dienone is 2. The third-order valence-electron chi connectivity index (χ3n) is 5.41. The van der Waals surface area contributed by atoms with Crippen LogP contribution in [0.3, 0.4) is 0 Å². The van der Waals surface area contributed by atoms with E-state index in [1.165, 1.54) is 6.66 Å². The third kappa shape index (κ3) is 11.3. The van der Waals surface area contributed by atoms with E-state index in [1.807, 2.05) is 42.5 Å². The summed E-state index contributed by atoms with van der Waals surface area (Å²) < 4.78 is 16.8. The van der Waals surface area contributed by atoms with E-state index >= 15 is 0 Å². The molecule has 8 heteroatoms. The van der Waals surface area contributed by atoms with Gasteiger partial charge in [-0.2, -0.15) is 0 Å². The molecule has 2 rings (SSSR count). The zero-order chi connectivity index (χ0) is 22.0. The first-order valence-electron chi connectivity index (χ1n) is 10.6. The van der Waals surface area contributed by atoms with Crippen LogP contribution in [0.4, 0.5) is 0 Å². The Balaban J connectivity index is 0.00000480. The van der Waals surface area contributed by atoms with E-state index < -0.39 is 25.7 Å². The Bertz CT molecular complexity index is 720. The van der Waals surface area contributed by atoms with Crippen molar-refractivity contribution in [3.8, 4) is 5.75 Å². The number of benzene rings is 1. The van der Waals surface area contributed by atoms with Crippen LogP contribution in [-0.4, -0.2) is 53.1 Å². The first-order chi connectivity index (χ1) is 14.3. The van der Waals surface area contributed by atoms with Crippen molar-refractivity contribution in [2.45, 2.75) is 50.4 Å². The molecule has 0 heterocycles. The zero-order valence-electron chi connectivity index (χ0n) is 18.5. The van der Waals surface area contributed by atoms with Crippen LogP contribution in [0.2, 0.25) is 0 Å². The molecule has 0 spiro atoms. The topological polar surface area (TPSA) is 110 Å². The summed E-state index contributed by atoms with van der Waals surface area (Å²) >= 11 is 0. The molecule has 1 aliphatic rings. The number of para-hydroxylation sites is 1. The van der Waals surface area contributed by atoms with E-state index in [2.05, 4.69) is 0 Å². The van der Waals surface area contributed by atoms with Gasteiger partial charge in [0.15, 0.2) is 0 Å². The molecule has 0 saturated heterocycles. The molecule has 0 bridgehead atoms. The molecular formula is C23H34NaO6P. The number of hydrogen-bond donors (Lipinski definition) is 3. The van der Waals surface area contributed by atoms with E-state index in [0.29, 0.717) is 38.7 Å². The largest absolute Gasteiger partial charge is 1.00 e. The molecule has 0 radical (unpaired) electrons. The molecule has 31 heavy (non-hydrogen) atoms. The van der Waals surface area contributed by atoms with Crippen LogP contribution in [0.15, 0.2) is 54.6 Å². The minimum Gasteiger partial charge on any atom is -0.799 e. The normalized spacial score (nSPS) is 26.6. The van der Waals surface area contributed by atoms with Crippen LogP contribution in [0.1, 0.15) is 32.1 Å². The van der Waals surface area contributed by atoms with Gasteiger partial charge < -0.3 is 29.5 Å². The molecule has 1 saturated carbocycles. The van der Waals surface area contributed by atoms with Gasteiger partial charge in [0.25, 0.3) is 0 Å². The molecule has 1 aromatic rings.